The van der Waals surface area contributed by atoms with Crippen LogP contribution in [0.3, 0.4) is 0 Å². The van der Waals surface area contributed by atoms with Crippen molar-refractivity contribution in [1.82, 2.24) is 0 Å². The zero-order valence-electron chi connectivity index (χ0n) is 13.1. The fraction of sp³-hybridized carbons (Fsp3) is 0.368. The standard InChI is InChI=1S/C19H18ClNO2/c1-3-10(2)15-13-8-9-14(15)17-16(13)18(22)21(19(17)23)12-6-4-11(20)5-7-12/h4-9,13-14,16-17H,3H2,1-2H3. The second-order valence-electron chi connectivity index (χ2n) is 6.57. The summed E-state index contributed by atoms with van der Waals surface area (Å²) in [6, 6.07) is 6.90. The summed E-state index contributed by atoms with van der Waals surface area (Å²) in [6.07, 6.45) is 5.21. The fourth-order valence-corrected chi connectivity index (χ4v) is 4.51. The average molecular weight is 328 g/mol. The molecule has 0 aromatic heterocycles. The molecule has 4 atom stereocenters. The predicted octanol–water partition coefficient (Wildman–Crippen LogP) is 3.99. The largest absolute Gasteiger partial charge is 0.274 e. The molecule has 0 N–H and O–H groups in total. The van der Waals surface area contributed by atoms with Crippen LogP contribution in [0.5, 0.6) is 0 Å². The maximum atomic E-state index is 12.9. The number of fused-ring (bicyclic) bond motifs is 5. The van der Waals surface area contributed by atoms with Gasteiger partial charge in [0, 0.05) is 16.9 Å². The number of carbonyl (C=O) groups is 2. The Labute approximate surface area is 140 Å². The summed E-state index contributed by atoms with van der Waals surface area (Å²) in [4.78, 5) is 27.2. The Morgan fingerprint density at radius 1 is 1.04 bits per heavy atom. The SMILES string of the molecule is CCC(C)=C1C2C=CC1C1C(=O)N(c3ccc(Cl)cc3)C(=O)C21. The van der Waals surface area contributed by atoms with Gasteiger partial charge in [0.2, 0.25) is 11.8 Å². The Hall–Kier alpha value is -1.87. The van der Waals surface area contributed by atoms with Crippen LogP contribution in [0, 0.1) is 23.7 Å². The Morgan fingerprint density at radius 2 is 1.57 bits per heavy atom. The highest BCUT2D eigenvalue weighted by Gasteiger charge is 2.61. The van der Waals surface area contributed by atoms with Crippen LogP contribution in [-0.4, -0.2) is 11.8 Å². The van der Waals surface area contributed by atoms with Gasteiger partial charge in [-0.1, -0.05) is 41.8 Å². The van der Waals surface area contributed by atoms with Gasteiger partial charge in [0.25, 0.3) is 0 Å². The van der Waals surface area contributed by atoms with E-state index in [1.807, 2.05) is 0 Å². The van der Waals surface area contributed by atoms with Crippen molar-refractivity contribution in [3.63, 3.8) is 0 Å². The molecule has 1 aromatic carbocycles. The zero-order valence-corrected chi connectivity index (χ0v) is 13.9. The molecular weight excluding hydrogens is 310 g/mol. The smallest absolute Gasteiger partial charge is 0.238 e. The molecule has 23 heavy (non-hydrogen) atoms. The number of anilines is 1. The Morgan fingerprint density at radius 3 is 2.04 bits per heavy atom. The van der Waals surface area contributed by atoms with Gasteiger partial charge in [0.05, 0.1) is 17.5 Å². The van der Waals surface area contributed by atoms with Crippen LogP contribution < -0.4 is 4.90 Å². The second kappa shape index (κ2) is 5.07. The summed E-state index contributed by atoms with van der Waals surface area (Å²) >= 11 is 5.91. The molecule has 1 aromatic rings. The quantitative estimate of drug-likeness (QED) is 0.608. The molecule has 2 bridgehead atoms. The summed E-state index contributed by atoms with van der Waals surface area (Å²) in [5.41, 5.74) is 3.24. The molecule has 0 spiro atoms. The van der Waals surface area contributed by atoms with E-state index in [4.69, 9.17) is 11.6 Å². The fourth-order valence-electron chi connectivity index (χ4n) is 4.38. The number of nitrogens with zero attached hydrogens (tertiary/aromatic N) is 1. The molecule has 0 radical (unpaired) electrons. The lowest BCUT2D eigenvalue weighted by atomic mass is 9.85. The Bertz CT molecular complexity index is 728. The molecule has 118 valence electrons. The van der Waals surface area contributed by atoms with E-state index < -0.39 is 0 Å². The maximum absolute atomic E-state index is 12.9. The topological polar surface area (TPSA) is 37.4 Å². The van der Waals surface area contributed by atoms with Crippen LogP contribution >= 0.6 is 11.6 Å². The van der Waals surface area contributed by atoms with E-state index in [1.54, 1.807) is 24.3 Å². The normalized spacial score (nSPS) is 31.3. The Balaban J connectivity index is 1.74. The van der Waals surface area contributed by atoms with Gasteiger partial charge in [0.15, 0.2) is 0 Å². The number of allylic oxidation sites excluding steroid dienone is 4. The first-order chi connectivity index (χ1) is 11.0. The number of imide groups is 1. The van der Waals surface area contributed by atoms with E-state index >= 15 is 0 Å². The molecule has 3 aliphatic rings. The third kappa shape index (κ3) is 1.89. The highest BCUT2D eigenvalue weighted by molar-refractivity contribution is 6.31. The van der Waals surface area contributed by atoms with E-state index in [2.05, 4.69) is 26.0 Å². The van der Waals surface area contributed by atoms with Gasteiger partial charge in [-0.05, 0) is 37.6 Å². The minimum Gasteiger partial charge on any atom is -0.274 e. The molecule has 1 saturated carbocycles. The molecule has 1 heterocycles. The highest BCUT2D eigenvalue weighted by Crippen LogP contribution is 2.57. The summed E-state index contributed by atoms with van der Waals surface area (Å²) in [5, 5.41) is 0.596. The molecule has 2 amide bonds. The molecule has 2 fully saturated rings. The summed E-state index contributed by atoms with van der Waals surface area (Å²) in [6.45, 7) is 4.24. The number of benzene rings is 1. The summed E-state index contributed by atoms with van der Waals surface area (Å²) < 4.78 is 0. The zero-order chi connectivity index (χ0) is 16.3. The van der Waals surface area contributed by atoms with Crippen molar-refractivity contribution in [1.29, 1.82) is 0 Å². The lowest BCUT2D eigenvalue weighted by Crippen LogP contribution is -2.33. The minimum atomic E-state index is -0.232. The van der Waals surface area contributed by atoms with Gasteiger partial charge in [-0.25, -0.2) is 4.90 Å². The van der Waals surface area contributed by atoms with Gasteiger partial charge in [-0.2, -0.15) is 0 Å². The molecular formula is C19H18ClNO2. The number of rotatable bonds is 2. The van der Waals surface area contributed by atoms with Crippen molar-refractivity contribution in [2.24, 2.45) is 23.7 Å². The molecule has 4 heteroatoms. The number of hydrogen-bond donors (Lipinski definition) is 0. The molecule has 3 nitrogen and oxygen atoms in total. The van der Waals surface area contributed by atoms with Gasteiger partial charge in [0.1, 0.15) is 0 Å². The van der Waals surface area contributed by atoms with Crippen molar-refractivity contribution in [2.45, 2.75) is 20.3 Å². The first-order valence-electron chi connectivity index (χ1n) is 8.05. The molecule has 2 aliphatic carbocycles. The van der Waals surface area contributed by atoms with Gasteiger partial charge < -0.3 is 0 Å². The van der Waals surface area contributed by atoms with E-state index in [0.29, 0.717) is 10.7 Å². The maximum Gasteiger partial charge on any atom is 0.238 e. The van der Waals surface area contributed by atoms with Crippen LogP contribution in [0.2, 0.25) is 5.02 Å². The van der Waals surface area contributed by atoms with Crippen molar-refractivity contribution >= 4 is 29.1 Å². The van der Waals surface area contributed by atoms with Crippen LogP contribution in [0.4, 0.5) is 5.69 Å². The van der Waals surface area contributed by atoms with Crippen molar-refractivity contribution in [2.75, 3.05) is 4.90 Å². The van der Waals surface area contributed by atoms with Crippen LogP contribution in [-0.2, 0) is 9.59 Å². The highest BCUT2D eigenvalue weighted by atomic mass is 35.5. The Kier molecular flexibility index (Phi) is 3.24. The summed E-state index contributed by atoms with van der Waals surface area (Å²) in [5.74, 6) is -0.409. The molecule has 4 rings (SSSR count). The van der Waals surface area contributed by atoms with Gasteiger partial charge in [-0.15, -0.1) is 0 Å². The van der Waals surface area contributed by atoms with Crippen LogP contribution in [0.1, 0.15) is 20.3 Å². The predicted molar refractivity (Wildman–Crippen MR) is 90.0 cm³/mol. The van der Waals surface area contributed by atoms with E-state index in [0.717, 1.165) is 6.42 Å². The van der Waals surface area contributed by atoms with Gasteiger partial charge in [-0.3, -0.25) is 9.59 Å². The minimum absolute atomic E-state index is 0.0689. The number of halogens is 1. The van der Waals surface area contributed by atoms with E-state index in [-0.39, 0.29) is 35.5 Å². The number of amides is 2. The van der Waals surface area contributed by atoms with E-state index in [1.165, 1.54) is 16.0 Å². The second-order valence-corrected chi connectivity index (χ2v) is 7.00. The van der Waals surface area contributed by atoms with Crippen molar-refractivity contribution < 1.29 is 9.59 Å². The monoisotopic (exact) mass is 327 g/mol. The number of hydrogen-bond acceptors (Lipinski definition) is 2. The third-order valence-electron chi connectivity index (χ3n) is 5.52. The third-order valence-corrected chi connectivity index (χ3v) is 5.78. The van der Waals surface area contributed by atoms with E-state index in [9.17, 15) is 9.59 Å². The lowest BCUT2D eigenvalue weighted by molar-refractivity contribution is -0.122. The molecule has 4 unspecified atom stereocenters. The van der Waals surface area contributed by atoms with Crippen molar-refractivity contribution in [3.05, 3.63) is 52.6 Å². The lowest BCUT2D eigenvalue weighted by Gasteiger charge is -2.19. The molecule has 1 saturated heterocycles. The first-order valence-corrected chi connectivity index (χ1v) is 8.43. The summed E-state index contributed by atoms with van der Waals surface area (Å²) in [7, 11) is 0. The van der Waals surface area contributed by atoms with Crippen LogP contribution in [0.15, 0.2) is 47.6 Å². The van der Waals surface area contributed by atoms with Crippen LogP contribution in [0.25, 0.3) is 0 Å². The van der Waals surface area contributed by atoms with Gasteiger partial charge >= 0.3 is 0 Å². The number of carbonyl (C=O) groups excluding carboxylic acids is 2. The molecule has 1 aliphatic heterocycles. The average Bonchev–Trinajstić information content (AvgIpc) is 3.18. The van der Waals surface area contributed by atoms with Crippen molar-refractivity contribution in [3.8, 4) is 0 Å². The first kappa shape index (κ1) is 14.7.